The summed E-state index contributed by atoms with van der Waals surface area (Å²) in [6.07, 6.45) is 4.97. The molecule has 1 aromatic rings. The summed E-state index contributed by atoms with van der Waals surface area (Å²) in [5.74, 6) is 0.694. The van der Waals surface area contributed by atoms with Crippen molar-refractivity contribution in [3.63, 3.8) is 0 Å². The van der Waals surface area contributed by atoms with Gasteiger partial charge in [0.15, 0.2) is 18.1 Å². The summed E-state index contributed by atoms with van der Waals surface area (Å²) in [7, 11) is 0. The van der Waals surface area contributed by atoms with E-state index in [0.717, 1.165) is 31.5 Å². The molecule has 2 aliphatic rings. The minimum Gasteiger partial charge on any atom is -0.486 e. The lowest BCUT2D eigenvalue weighted by Crippen LogP contribution is -2.31. The summed E-state index contributed by atoms with van der Waals surface area (Å²) >= 11 is 0. The van der Waals surface area contributed by atoms with Crippen molar-refractivity contribution in [2.45, 2.75) is 12.8 Å². The van der Waals surface area contributed by atoms with Crippen molar-refractivity contribution in [2.75, 3.05) is 32.9 Å². The molecular weight excluding hydrogens is 298 g/mol. The quantitative estimate of drug-likeness (QED) is 0.624. The van der Waals surface area contributed by atoms with Crippen LogP contribution in [0.5, 0.6) is 11.5 Å². The molecule has 0 atom stereocenters. The van der Waals surface area contributed by atoms with E-state index in [2.05, 4.69) is 0 Å². The Morgan fingerprint density at radius 2 is 1.87 bits per heavy atom. The van der Waals surface area contributed by atoms with Crippen molar-refractivity contribution in [1.29, 1.82) is 0 Å². The fourth-order valence-electron chi connectivity index (χ4n) is 2.57. The Kier molecular flexibility index (Phi) is 4.80. The van der Waals surface area contributed by atoms with E-state index in [0.29, 0.717) is 24.7 Å². The Labute approximate surface area is 134 Å². The van der Waals surface area contributed by atoms with Gasteiger partial charge in [0, 0.05) is 19.2 Å². The highest BCUT2D eigenvalue weighted by atomic mass is 16.6. The van der Waals surface area contributed by atoms with Gasteiger partial charge in [0.1, 0.15) is 13.2 Å². The summed E-state index contributed by atoms with van der Waals surface area (Å²) < 4.78 is 15.9. The lowest BCUT2D eigenvalue weighted by atomic mass is 10.2. The van der Waals surface area contributed by atoms with E-state index >= 15 is 0 Å². The average Bonchev–Trinajstić information content (AvgIpc) is 3.12. The van der Waals surface area contributed by atoms with Gasteiger partial charge in [-0.1, -0.05) is 6.07 Å². The van der Waals surface area contributed by atoms with Gasteiger partial charge in [-0.3, -0.25) is 4.79 Å². The van der Waals surface area contributed by atoms with Crippen LogP contribution in [0.1, 0.15) is 18.4 Å². The van der Waals surface area contributed by atoms with Gasteiger partial charge in [-0.25, -0.2) is 4.79 Å². The molecule has 1 saturated heterocycles. The summed E-state index contributed by atoms with van der Waals surface area (Å²) in [4.78, 5) is 25.2. The van der Waals surface area contributed by atoms with E-state index in [-0.39, 0.29) is 12.5 Å². The number of esters is 1. The molecule has 0 saturated carbocycles. The molecule has 0 bridgehead atoms. The summed E-state index contributed by atoms with van der Waals surface area (Å²) in [5, 5.41) is 0. The molecule has 0 unspecified atom stereocenters. The maximum absolute atomic E-state index is 11.8. The fourth-order valence-corrected chi connectivity index (χ4v) is 2.57. The van der Waals surface area contributed by atoms with E-state index in [1.165, 1.54) is 6.08 Å². The van der Waals surface area contributed by atoms with E-state index < -0.39 is 5.97 Å². The number of hydrogen-bond acceptors (Lipinski definition) is 5. The molecule has 0 aliphatic carbocycles. The minimum atomic E-state index is -0.535. The van der Waals surface area contributed by atoms with Crippen molar-refractivity contribution < 1.29 is 23.8 Å². The van der Waals surface area contributed by atoms with Gasteiger partial charge < -0.3 is 19.1 Å². The number of rotatable bonds is 4. The Hall–Kier alpha value is -2.50. The zero-order valence-electron chi connectivity index (χ0n) is 12.8. The molecular formula is C17H19NO5. The summed E-state index contributed by atoms with van der Waals surface area (Å²) in [6, 6.07) is 5.43. The number of ether oxygens (including phenoxy) is 3. The zero-order chi connectivity index (χ0) is 16.1. The van der Waals surface area contributed by atoms with Crippen LogP contribution in [0.4, 0.5) is 0 Å². The molecule has 3 rings (SSSR count). The van der Waals surface area contributed by atoms with Crippen LogP contribution >= 0.6 is 0 Å². The van der Waals surface area contributed by atoms with Crippen LogP contribution in [0.25, 0.3) is 6.08 Å². The lowest BCUT2D eigenvalue weighted by molar-refractivity contribution is -0.147. The highest BCUT2D eigenvalue weighted by Crippen LogP contribution is 2.31. The number of carbonyl (C=O) groups is 2. The topological polar surface area (TPSA) is 65.1 Å². The van der Waals surface area contributed by atoms with Gasteiger partial charge >= 0.3 is 5.97 Å². The maximum Gasteiger partial charge on any atom is 0.331 e. The summed E-state index contributed by atoms with van der Waals surface area (Å²) in [6.45, 7) is 2.36. The molecule has 1 aromatic carbocycles. The normalized spacial score (nSPS) is 16.6. The molecule has 1 amide bonds. The molecule has 1 fully saturated rings. The minimum absolute atomic E-state index is 0.136. The van der Waals surface area contributed by atoms with Gasteiger partial charge in [0.05, 0.1) is 0 Å². The smallest absolute Gasteiger partial charge is 0.331 e. The van der Waals surface area contributed by atoms with Crippen molar-refractivity contribution in [3.8, 4) is 11.5 Å². The average molecular weight is 317 g/mol. The predicted octanol–water partition coefficient (Wildman–Crippen LogP) is 1.64. The molecule has 0 radical (unpaired) electrons. The van der Waals surface area contributed by atoms with Gasteiger partial charge in [-0.2, -0.15) is 0 Å². The van der Waals surface area contributed by atoms with Crippen molar-refractivity contribution in [2.24, 2.45) is 0 Å². The molecule has 0 N–H and O–H groups in total. The van der Waals surface area contributed by atoms with E-state index in [4.69, 9.17) is 14.2 Å². The Morgan fingerprint density at radius 3 is 2.65 bits per heavy atom. The monoisotopic (exact) mass is 317 g/mol. The van der Waals surface area contributed by atoms with Crippen molar-refractivity contribution in [3.05, 3.63) is 29.8 Å². The SMILES string of the molecule is O=C(C=Cc1ccc2c(c1)OCCO2)OCC(=O)N1CCCC1. The fraction of sp³-hybridized carbons (Fsp3) is 0.412. The Bertz CT molecular complexity index is 619. The standard InChI is InChI=1S/C17H19NO5/c19-16(18-7-1-2-8-18)12-23-17(20)6-4-13-3-5-14-15(11-13)22-10-9-21-14/h3-6,11H,1-2,7-10,12H2. The molecule has 0 aromatic heterocycles. The van der Waals surface area contributed by atoms with Gasteiger partial charge in [0.25, 0.3) is 5.91 Å². The number of carbonyl (C=O) groups excluding carboxylic acids is 2. The number of likely N-dealkylation sites (tertiary alicyclic amines) is 1. The molecule has 0 spiro atoms. The number of hydrogen-bond donors (Lipinski definition) is 0. The van der Waals surface area contributed by atoms with Crippen LogP contribution in [-0.2, 0) is 14.3 Å². The second kappa shape index (κ2) is 7.17. The maximum atomic E-state index is 11.8. The second-order valence-corrected chi connectivity index (χ2v) is 5.43. The van der Waals surface area contributed by atoms with Crippen molar-refractivity contribution >= 4 is 18.0 Å². The first kappa shape index (κ1) is 15.4. The summed E-state index contributed by atoms with van der Waals surface area (Å²) in [5.41, 5.74) is 0.803. The number of benzene rings is 1. The predicted molar refractivity (Wildman–Crippen MR) is 83.2 cm³/mol. The van der Waals surface area contributed by atoms with Crippen molar-refractivity contribution in [1.82, 2.24) is 4.90 Å². The van der Waals surface area contributed by atoms with E-state index in [1.54, 1.807) is 23.1 Å². The number of fused-ring (bicyclic) bond motifs is 1. The largest absolute Gasteiger partial charge is 0.486 e. The van der Waals surface area contributed by atoms with Crippen LogP contribution in [0, 0.1) is 0 Å². The Morgan fingerprint density at radius 1 is 1.13 bits per heavy atom. The van der Waals surface area contributed by atoms with E-state index in [9.17, 15) is 9.59 Å². The third-order valence-corrected chi connectivity index (χ3v) is 3.77. The molecule has 2 aliphatic heterocycles. The molecule has 6 nitrogen and oxygen atoms in total. The highest BCUT2D eigenvalue weighted by Gasteiger charge is 2.18. The lowest BCUT2D eigenvalue weighted by Gasteiger charge is -2.18. The Balaban J connectivity index is 1.51. The van der Waals surface area contributed by atoms with Crippen LogP contribution in [0.3, 0.4) is 0 Å². The first-order chi connectivity index (χ1) is 11.2. The third kappa shape index (κ3) is 4.03. The van der Waals surface area contributed by atoms with Gasteiger partial charge in [-0.05, 0) is 36.6 Å². The first-order valence-electron chi connectivity index (χ1n) is 7.74. The third-order valence-electron chi connectivity index (χ3n) is 3.77. The highest BCUT2D eigenvalue weighted by molar-refractivity contribution is 5.89. The van der Waals surface area contributed by atoms with Crippen LogP contribution in [-0.4, -0.2) is 49.7 Å². The van der Waals surface area contributed by atoms with Crippen LogP contribution < -0.4 is 9.47 Å². The van der Waals surface area contributed by atoms with Gasteiger partial charge in [0.2, 0.25) is 0 Å². The first-order valence-corrected chi connectivity index (χ1v) is 7.74. The van der Waals surface area contributed by atoms with E-state index in [1.807, 2.05) is 6.07 Å². The molecule has 6 heteroatoms. The van der Waals surface area contributed by atoms with Gasteiger partial charge in [-0.15, -0.1) is 0 Å². The zero-order valence-corrected chi connectivity index (χ0v) is 12.8. The molecule has 2 heterocycles. The number of nitrogens with zero attached hydrogens (tertiary/aromatic N) is 1. The van der Waals surface area contributed by atoms with Crippen LogP contribution in [0.2, 0.25) is 0 Å². The number of amides is 1. The molecule has 23 heavy (non-hydrogen) atoms. The second-order valence-electron chi connectivity index (χ2n) is 5.43. The van der Waals surface area contributed by atoms with Crippen LogP contribution in [0.15, 0.2) is 24.3 Å². The molecule has 122 valence electrons.